The zero-order chi connectivity index (χ0) is 31.6. The predicted molar refractivity (Wildman–Crippen MR) is 167 cm³/mol. The highest BCUT2D eigenvalue weighted by Crippen LogP contribution is 2.35. The lowest BCUT2D eigenvalue weighted by atomic mass is 9.85. The van der Waals surface area contributed by atoms with E-state index in [1.54, 1.807) is 4.90 Å². The largest absolute Gasteiger partial charge is 0.494 e. The second-order valence-electron chi connectivity index (χ2n) is 13.8. The molecule has 2 bridgehead atoms. The Balaban J connectivity index is 1.52. The van der Waals surface area contributed by atoms with E-state index in [4.69, 9.17) is 24.2 Å². The Morgan fingerprint density at radius 2 is 1.80 bits per heavy atom. The highest BCUT2D eigenvalue weighted by Gasteiger charge is 2.49. The molecule has 1 N–H and O–H groups in total. The SMILES string of the molecule is CCOc1ccc2nc3c(nc2c1)O[C@H]1CN(C(=O)[C@H](C(C)(C)C)NC(=O)O[C@@H]2CCC[C@H]2CCCCC3)[C@H](C(C)=O)[C@@H]1C. The van der Waals surface area contributed by atoms with Gasteiger partial charge in [0, 0.05) is 12.0 Å². The summed E-state index contributed by atoms with van der Waals surface area (Å²) in [4.78, 5) is 51.9. The lowest BCUT2D eigenvalue weighted by molar-refractivity contribution is -0.141. The van der Waals surface area contributed by atoms with Crippen LogP contribution in [0.25, 0.3) is 11.0 Å². The minimum Gasteiger partial charge on any atom is -0.494 e. The molecule has 0 spiro atoms. The maximum Gasteiger partial charge on any atom is 0.408 e. The van der Waals surface area contributed by atoms with Gasteiger partial charge in [-0.1, -0.05) is 40.5 Å². The average molecular weight is 609 g/mol. The fourth-order valence-corrected chi connectivity index (χ4v) is 7.10. The van der Waals surface area contributed by atoms with Gasteiger partial charge in [0.15, 0.2) is 5.78 Å². The molecule has 2 aromatic rings. The van der Waals surface area contributed by atoms with Gasteiger partial charge in [-0.3, -0.25) is 9.59 Å². The molecule has 2 fully saturated rings. The molecule has 2 aliphatic heterocycles. The van der Waals surface area contributed by atoms with Crippen LogP contribution in [0.4, 0.5) is 4.79 Å². The van der Waals surface area contributed by atoms with E-state index < -0.39 is 29.7 Å². The predicted octanol–water partition coefficient (Wildman–Crippen LogP) is 5.64. The Hall–Kier alpha value is -3.43. The van der Waals surface area contributed by atoms with Crippen LogP contribution in [-0.4, -0.2) is 70.1 Å². The third-order valence-corrected chi connectivity index (χ3v) is 9.45. The smallest absolute Gasteiger partial charge is 0.408 e. The number of carbonyl (C=O) groups excluding carboxylic acids is 3. The molecule has 2 amide bonds. The molecule has 44 heavy (non-hydrogen) atoms. The van der Waals surface area contributed by atoms with Gasteiger partial charge in [0.25, 0.3) is 0 Å². The van der Waals surface area contributed by atoms with Crippen molar-refractivity contribution in [3.05, 3.63) is 23.9 Å². The summed E-state index contributed by atoms with van der Waals surface area (Å²) in [6, 6.07) is 4.11. The number of fused-ring (bicyclic) bond motifs is 5. The van der Waals surface area contributed by atoms with Gasteiger partial charge in [-0.25, -0.2) is 14.8 Å². The number of ether oxygens (including phenoxy) is 3. The third kappa shape index (κ3) is 6.94. The minimum atomic E-state index is -0.880. The quantitative estimate of drug-likeness (QED) is 0.476. The monoisotopic (exact) mass is 608 g/mol. The molecule has 6 atom stereocenters. The number of rotatable bonds is 3. The van der Waals surface area contributed by atoms with Crippen LogP contribution < -0.4 is 14.8 Å². The molecule has 3 heterocycles. The van der Waals surface area contributed by atoms with E-state index in [-0.39, 0.29) is 30.3 Å². The lowest BCUT2D eigenvalue weighted by Crippen LogP contribution is -2.57. The van der Waals surface area contributed by atoms with Crippen LogP contribution in [0.5, 0.6) is 11.6 Å². The fraction of sp³-hybridized carbons (Fsp3) is 0.676. The second-order valence-corrected chi connectivity index (χ2v) is 13.8. The van der Waals surface area contributed by atoms with Gasteiger partial charge in [-0.05, 0) is 75.8 Å². The highest BCUT2D eigenvalue weighted by atomic mass is 16.6. The summed E-state index contributed by atoms with van der Waals surface area (Å²) in [5.41, 5.74) is 1.60. The summed E-state index contributed by atoms with van der Waals surface area (Å²) in [7, 11) is 0. The van der Waals surface area contributed by atoms with Crippen LogP contribution in [0.2, 0.25) is 0 Å². The van der Waals surface area contributed by atoms with E-state index in [2.05, 4.69) is 5.32 Å². The van der Waals surface area contributed by atoms with E-state index in [0.717, 1.165) is 56.2 Å². The number of benzene rings is 1. The molecule has 0 radical (unpaired) electrons. The lowest BCUT2D eigenvalue weighted by Gasteiger charge is -2.35. The van der Waals surface area contributed by atoms with E-state index in [9.17, 15) is 14.4 Å². The van der Waals surface area contributed by atoms with Gasteiger partial charge in [0.1, 0.15) is 29.7 Å². The number of amides is 2. The number of carbonyl (C=O) groups is 3. The van der Waals surface area contributed by atoms with Crippen molar-refractivity contribution in [2.45, 2.75) is 117 Å². The van der Waals surface area contributed by atoms with Crippen LogP contribution in [-0.2, 0) is 20.7 Å². The molecule has 10 heteroatoms. The Bertz CT molecular complexity index is 1370. The standard InChI is InChI=1S/C34H48N4O6/c1-7-42-23-16-17-24-26(18-23)36-31-25(35-24)14-10-8-9-12-22-13-11-15-27(22)44-33(41)37-30(34(4,5)6)32(40)38-19-28(43-31)20(2)29(38)21(3)39/h16-18,20,22,27-30H,7-15,19H2,1-6H3,(H,37,41)/t20-,22-,27-,28+,29+,30-/m1/s1. The van der Waals surface area contributed by atoms with E-state index >= 15 is 0 Å². The minimum absolute atomic E-state index is 0.127. The number of hydrogen-bond acceptors (Lipinski definition) is 8. The van der Waals surface area contributed by atoms with Crippen LogP contribution in [0, 0.1) is 17.3 Å². The van der Waals surface area contributed by atoms with Crippen molar-refractivity contribution in [1.82, 2.24) is 20.2 Å². The van der Waals surface area contributed by atoms with Crippen molar-refractivity contribution in [2.24, 2.45) is 17.3 Å². The summed E-state index contributed by atoms with van der Waals surface area (Å²) >= 11 is 0. The molecule has 1 aromatic heterocycles. The van der Waals surface area contributed by atoms with Gasteiger partial charge in [-0.15, -0.1) is 0 Å². The first-order valence-electron chi connectivity index (χ1n) is 16.3. The van der Waals surface area contributed by atoms with Gasteiger partial charge < -0.3 is 24.4 Å². The van der Waals surface area contributed by atoms with Gasteiger partial charge >= 0.3 is 6.09 Å². The van der Waals surface area contributed by atoms with E-state index in [1.807, 2.05) is 52.8 Å². The third-order valence-electron chi connectivity index (χ3n) is 9.45. The van der Waals surface area contributed by atoms with Crippen LogP contribution in [0.1, 0.15) is 92.2 Å². The van der Waals surface area contributed by atoms with Crippen molar-refractivity contribution in [2.75, 3.05) is 13.2 Å². The number of nitrogens with zero attached hydrogens (tertiary/aromatic N) is 3. The summed E-state index contributed by atoms with van der Waals surface area (Å²) in [5, 5.41) is 2.89. The maximum atomic E-state index is 14.2. The van der Waals surface area contributed by atoms with Crippen molar-refractivity contribution in [3.63, 3.8) is 0 Å². The number of alkyl carbamates (subject to hydrolysis) is 1. The van der Waals surface area contributed by atoms with Crippen LogP contribution in [0.15, 0.2) is 18.2 Å². The molecular weight excluding hydrogens is 560 g/mol. The molecule has 0 unspecified atom stereocenters. The summed E-state index contributed by atoms with van der Waals surface area (Å²) in [5.74, 6) is 0.711. The molecule has 5 rings (SSSR count). The number of aryl methyl sites for hydroxylation is 1. The highest BCUT2D eigenvalue weighted by molar-refractivity contribution is 5.92. The average Bonchev–Trinajstić information content (AvgIpc) is 3.53. The van der Waals surface area contributed by atoms with Crippen LogP contribution in [0.3, 0.4) is 0 Å². The Kier molecular flexibility index (Phi) is 9.65. The summed E-state index contributed by atoms with van der Waals surface area (Å²) < 4.78 is 18.2. The molecule has 1 saturated carbocycles. The van der Waals surface area contributed by atoms with Gasteiger partial charge in [-0.2, -0.15) is 0 Å². The summed E-state index contributed by atoms with van der Waals surface area (Å²) in [6.45, 7) is 11.8. The Morgan fingerprint density at radius 3 is 2.52 bits per heavy atom. The van der Waals surface area contributed by atoms with Crippen LogP contribution >= 0.6 is 0 Å². The molecule has 1 aromatic carbocycles. The zero-order valence-corrected chi connectivity index (χ0v) is 27.1. The first-order valence-corrected chi connectivity index (χ1v) is 16.3. The number of hydrogen-bond donors (Lipinski definition) is 1. The Morgan fingerprint density at radius 1 is 1.02 bits per heavy atom. The van der Waals surface area contributed by atoms with Crippen molar-refractivity contribution in [3.8, 4) is 11.6 Å². The molecular formula is C34H48N4O6. The van der Waals surface area contributed by atoms with Gasteiger partial charge in [0.05, 0.1) is 30.2 Å². The maximum absolute atomic E-state index is 14.2. The van der Waals surface area contributed by atoms with E-state index in [0.29, 0.717) is 36.1 Å². The number of Topliss-reactive ketones (excluding diaryl/α,β-unsaturated/α-hetero) is 1. The zero-order valence-electron chi connectivity index (χ0n) is 27.1. The first-order chi connectivity index (χ1) is 21.0. The van der Waals surface area contributed by atoms with E-state index in [1.165, 1.54) is 6.92 Å². The molecule has 240 valence electrons. The fourth-order valence-electron chi connectivity index (χ4n) is 7.10. The molecule has 3 aliphatic rings. The second kappa shape index (κ2) is 13.3. The molecule has 1 aliphatic carbocycles. The van der Waals surface area contributed by atoms with Crippen molar-refractivity contribution < 1.29 is 28.6 Å². The number of ketones is 1. The number of aromatic nitrogens is 2. The normalized spacial score (nSPS) is 28.6. The number of nitrogens with one attached hydrogen (secondary N) is 1. The van der Waals surface area contributed by atoms with Crippen molar-refractivity contribution in [1.29, 1.82) is 0 Å². The molecule has 1 saturated heterocycles. The molecule has 10 nitrogen and oxygen atoms in total. The summed E-state index contributed by atoms with van der Waals surface area (Å²) in [6.07, 6.45) is 6.32. The Labute approximate surface area is 260 Å². The van der Waals surface area contributed by atoms with Gasteiger partial charge in [0.2, 0.25) is 11.8 Å². The topological polar surface area (TPSA) is 120 Å². The first kappa shape index (κ1) is 32.0. The van der Waals surface area contributed by atoms with Crippen molar-refractivity contribution >= 4 is 28.8 Å².